The van der Waals surface area contributed by atoms with Crippen LogP contribution in [0.4, 0.5) is 0 Å². The number of allylic oxidation sites excluding steroid dienone is 2. The predicted octanol–water partition coefficient (Wildman–Crippen LogP) is 16.0. The van der Waals surface area contributed by atoms with Crippen LogP contribution >= 0.6 is 0 Å². The van der Waals surface area contributed by atoms with E-state index in [0.717, 1.165) is 31.6 Å². The van der Waals surface area contributed by atoms with Crippen LogP contribution in [0, 0.1) is 5.92 Å². The van der Waals surface area contributed by atoms with Crippen molar-refractivity contribution in [3.8, 4) is 0 Å². The van der Waals surface area contributed by atoms with Gasteiger partial charge in [-0.25, -0.2) is 0 Å². The van der Waals surface area contributed by atoms with Crippen molar-refractivity contribution in [2.24, 2.45) is 5.92 Å². The zero-order chi connectivity index (χ0) is 37.7. The zero-order valence-corrected chi connectivity index (χ0v) is 35.5. The molecule has 0 N–H and O–H groups in total. The molecule has 0 aliphatic carbocycles. The predicted molar refractivity (Wildman–Crippen MR) is 225 cm³/mol. The van der Waals surface area contributed by atoms with Gasteiger partial charge in [0.25, 0.3) is 0 Å². The van der Waals surface area contributed by atoms with Crippen LogP contribution in [0.3, 0.4) is 0 Å². The van der Waals surface area contributed by atoms with Crippen LogP contribution in [-0.2, 0) is 19.1 Å². The van der Waals surface area contributed by atoms with Crippen molar-refractivity contribution in [2.75, 3.05) is 13.7 Å². The van der Waals surface area contributed by atoms with Crippen molar-refractivity contribution in [3.63, 3.8) is 0 Å². The molecule has 0 rings (SSSR count). The van der Waals surface area contributed by atoms with Crippen molar-refractivity contribution in [1.82, 2.24) is 0 Å². The molecule has 0 amide bonds. The number of rotatable bonds is 39. The summed E-state index contributed by atoms with van der Waals surface area (Å²) < 4.78 is 9.99. The third-order valence-electron chi connectivity index (χ3n) is 10.0. The van der Waals surface area contributed by atoms with Gasteiger partial charge in [-0.2, -0.15) is 0 Å². The number of methoxy groups -OCH3 is 1. The Morgan fingerprint density at radius 3 is 1.16 bits per heavy atom. The normalized spacial score (nSPS) is 11.3. The molecule has 0 saturated carbocycles. The molecule has 0 atom stereocenters. The van der Waals surface area contributed by atoms with Crippen LogP contribution in [0.15, 0.2) is 12.2 Å². The molecule has 0 aromatic heterocycles. The maximum atomic E-state index is 11.8. The van der Waals surface area contributed by atoms with Gasteiger partial charge in [0.1, 0.15) is 0 Å². The third kappa shape index (κ3) is 50.8. The Kier molecular flexibility index (Phi) is 47.4. The first-order chi connectivity index (χ1) is 25.0. The van der Waals surface area contributed by atoms with E-state index >= 15 is 0 Å². The van der Waals surface area contributed by atoms with E-state index in [-0.39, 0.29) is 11.9 Å². The summed E-state index contributed by atoms with van der Waals surface area (Å²) >= 11 is 0. The van der Waals surface area contributed by atoms with E-state index in [9.17, 15) is 9.59 Å². The first-order valence-electron chi connectivity index (χ1n) is 22.8. The SMILES string of the molecule is CCCCCCCC/C=C/CCCCCCCC(=O)OC.CCCCCCCCCCCCCCCCCC(=O)OCCCCCCCC(C)C. The first kappa shape index (κ1) is 51.8. The standard InChI is InChI=1S/C28H56O2.C19H36O2/c1-4-5-6-7-8-9-10-11-12-13-14-15-16-19-22-25-28(29)30-26-23-20-17-18-21-24-27(2)3;1-3-4-5-6-7-8-9-10-11-12-13-14-15-16-17-18-19(20)21-2/h27H,4-26H2,1-3H3;10-11H,3-9,12-18H2,1-2H3/b;11-10+. The Hall–Kier alpha value is -1.32. The second kappa shape index (κ2) is 46.7. The van der Waals surface area contributed by atoms with Crippen LogP contribution in [0.1, 0.15) is 259 Å². The smallest absolute Gasteiger partial charge is 0.305 e. The van der Waals surface area contributed by atoms with Gasteiger partial charge in [-0.3, -0.25) is 9.59 Å². The fourth-order valence-electron chi connectivity index (χ4n) is 6.53. The molecule has 4 heteroatoms. The number of esters is 2. The second-order valence-electron chi connectivity index (χ2n) is 15.8. The maximum Gasteiger partial charge on any atom is 0.305 e. The number of ether oxygens (including phenoxy) is 2. The molecule has 0 spiro atoms. The van der Waals surface area contributed by atoms with Crippen LogP contribution in [0.25, 0.3) is 0 Å². The van der Waals surface area contributed by atoms with Crippen molar-refractivity contribution < 1.29 is 19.1 Å². The molecule has 0 unspecified atom stereocenters. The molecule has 0 saturated heterocycles. The van der Waals surface area contributed by atoms with Crippen molar-refractivity contribution in [1.29, 1.82) is 0 Å². The molecule has 0 aromatic rings. The topological polar surface area (TPSA) is 52.6 Å². The van der Waals surface area contributed by atoms with Crippen LogP contribution < -0.4 is 0 Å². The van der Waals surface area contributed by atoms with Gasteiger partial charge >= 0.3 is 11.9 Å². The minimum absolute atomic E-state index is 0.0181. The van der Waals surface area contributed by atoms with E-state index in [4.69, 9.17) is 4.74 Å². The van der Waals surface area contributed by atoms with Crippen LogP contribution in [-0.4, -0.2) is 25.7 Å². The maximum absolute atomic E-state index is 11.8. The highest BCUT2D eigenvalue weighted by Crippen LogP contribution is 2.15. The van der Waals surface area contributed by atoms with Gasteiger partial charge in [0.2, 0.25) is 0 Å². The number of unbranched alkanes of at least 4 members (excludes halogenated alkanes) is 29. The number of hydrogen-bond acceptors (Lipinski definition) is 4. The van der Waals surface area contributed by atoms with E-state index in [2.05, 4.69) is 44.6 Å². The summed E-state index contributed by atoms with van der Waals surface area (Å²) in [5.41, 5.74) is 0. The Labute approximate surface area is 320 Å². The Morgan fingerprint density at radius 1 is 0.431 bits per heavy atom. The summed E-state index contributed by atoms with van der Waals surface area (Å²) in [5, 5.41) is 0. The molecule has 0 heterocycles. The van der Waals surface area contributed by atoms with Crippen molar-refractivity contribution >= 4 is 11.9 Å². The van der Waals surface area contributed by atoms with Gasteiger partial charge in [-0.15, -0.1) is 0 Å². The highest BCUT2D eigenvalue weighted by atomic mass is 16.5. The molecule has 0 bridgehead atoms. The summed E-state index contributed by atoms with van der Waals surface area (Å²) in [6, 6.07) is 0. The fraction of sp³-hybridized carbons (Fsp3) is 0.915. The summed E-state index contributed by atoms with van der Waals surface area (Å²) in [4.78, 5) is 22.7. The minimum atomic E-state index is -0.0763. The third-order valence-corrected chi connectivity index (χ3v) is 10.0. The molecular formula is C47H92O4. The fourth-order valence-corrected chi connectivity index (χ4v) is 6.53. The molecule has 51 heavy (non-hydrogen) atoms. The quantitative estimate of drug-likeness (QED) is 0.0360. The summed E-state index contributed by atoms with van der Waals surface area (Å²) in [6.07, 6.45) is 50.5. The molecule has 0 aliphatic rings. The zero-order valence-electron chi connectivity index (χ0n) is 35.5. The van der Waals surface area contributed by atoms with Crippen LogP contribution in [0.5, 0.6) is 0 Å². The Balaban J connectivity index is 0. The largest absolute Gasteiger partial charge is 0.469 e. The highest BCUT2D eigenvalue weighted by molar-refractivity contribution is 5.69. The minimum Gasteiger partial charge on any atom is -0.469 e. The second-order valence-corrected chi connectivity index (χ2v) is 15.8. The number of hydrogen-bond donors (Lipinski definition) is 0. The lowest BCUT2D eigenvalue weighted by molar-refractivity contribution is -0.144. The lowest BCUT2D eigenvalue weighted by atomic mass is 10.0. The summed E-state index contributed by atoms with van der Waals surface area (Å²) in [6.45, 7) is 9.76. The lowest BCUT2D eigenvalue weighted by Crippen LogP contribution is -2.05. The Bertz CT molecular complexity index is 700. The molecule has 304 valence electrons. The summed E-state index contributed by atoms with van der Waals surface area (Å²) in [7, 11) is 1.46. The first-order valence-corrected chi connectivity index (χ1v) is 22.8. The molecule has 0 aromatic carbocycles. The molecule has 4 nitrogen and oxygen atoms in total. The van der Waals surface area contributed by atoms with Gasteiger partial charge in [-0.05, 0) is 50.9 Å². The van der Waals surface area contributed by atoms with E-state index in [1.807, 2.05) is 0 Å². The van der Waals surface area contributed by atoms with E-state index in [1.165, 1.54) is 200 Å². The summed E-state index contributed by atoms with van der Waals surface area (Å²) in [5.74, 6) is 0.766. The number of carbonyl (C=O) groups excluding carboxylic acids is 2. The molecule has 0 radical (unpaired) electrons. The van der Waals surface area contributed by atoms with Gasteiger partial charge in [-0.1, -0.05) is 213 Å². The average molecular weight is 721 g/mol. The van der Waals surface area contributed by atoms with Gasteiger partial charge in [0.05, 0.1) is 13.7 Å². The molecule has 0 aliphatic heterocycles. The average Bonchev–Trinajstić information content (AvgIpc) is 3.12. The molecular weight excluding hydrogens is 629 g/mol. The number of carbonyl (C=O) groups is 2. The van der Waals surface area contributed by atoms with Gasteiger partial charge in [0.15, 0.2) is 0 Å². The lowest BCUT2D eigenvalue weighted by Gasteiger charge is -2.06. The van der Waals surface area contributed by atoms with E-state index in [1.54, 1.807) is 0 Å². The van der Waals surface area contributed by atoms with Gasteiger partial charge < -0.3 is 9.47 Å². The molecule has 0 fully saturated rings. The van der Waals surface area contributed by atoms with E-state index in [0.29, 0.717) is 19.4 Å². The highest BCUT2D eigenvalue weighted by Gasteiger charge is 2.03. The monoisotopic (exact) mass is 721 g/mol. The van der Waals surface area contributed by atoms with Gasteiger partial charge in [0, 0.05) is 12.8 Å². The van der Waals surface area contributed by atoms with Crippen molar-refractivity contribution in [2.45, 2.75) is 259 Å². The van der Waals surface area contributed by atoms with Crippen molar-refractivity contribution in [3.05, 3.63) is 12.2 Å². The van der Waals surface area contributed by atoms with E-state index < -0.39 is 0 Å². The Morgan fingerprint density at radius 2 is 0.765 bits per heavy atom. The van der Waals surface area contributed by atoms with Crippen LogP contribution in [0.2, 0.25) is 0 Å².